The van der Waals surface area contributed by atoms with Crippen molar-refractivity contribution in [2.75, 3.05) is 18.1 Å². The lowest BCUT2D eigenvalue weighted by atomic mass is 10.0. The number of carbonyl (C=O) groups is 1. The number of amides is 2. The van der Waals surface area contributed by atoms with E-state index in [1.54, 1.807) is 0 Å². The Labute approximate surface area is 124 Å². The normalized spacial score (nSPS) is 24.6. The fourth-order valence-corrected chi connectivity index (χ4v) is 2.85. The van der Waals surface area contributed by atoms with Gasteiger partial charge in [-0.3, -0.25) is 4.90 Å². The first-order valence-corrected chi connectivity index (χ1v) is 6.70. The molecule has 2 amide bonds. The molecular formula is C14H12F3N3O2. The van der Waals surface area contributed by atoms with Crippen LogP contribution in [0.5, 0.6) is 0 Å². The van der Waals surface area contributed by atoms with E-state index in [0.29, 0.717) is 13.0 Å². The summed E-state index contributed by atoms with van der Waals surface area (Å²) < 4.78 is 44.4. The third-order valence-corrected chi connectivity index (χ3v) is 3.89. The third-order valence-electron chi connectivity index (χ3n) is 3.89. The van der Waals surface area contributed by atoms with Gasteiger partial charge in [0.2, 0.25) is 0 Å². The number of carbonyl (C=O) groups excluding carboxylic acids is 1. The summed E-state index contributed by atoms with van der Waals surface area (Å²) in [6.07, 6.45) is -4.03. The molecular weight excluding hydrogens is 299 g/mol. The molecule has 116 valence electrons. The molecule has 3 rings (SSSR count). The van der Waals surface area contributed by atoms with Crippen molar-refractivity contribution in [1.82, 2.24) is 5.32 Å². The molecule has 0 bridgehead atoms. The molecule has 0 aromatic heterocycles. The summed E-state index contributed by atoms with van der Waals surface area (Å²) in [4.78, 5) is 13.3. The Morgan fingerprint density at radius 3 is 2.86 bits per heavy atom. The molecule has 8 heteroatoms. The van der Waals surface area contributed by atoms with Crippen LogP contribution in [0.2, 0.25) is 0 Å². The van der Waals surface area contributed by atoms with Crippen LogP contribution in [-0.2, 0) is 10.9 Å². The monoisotopic (exact) mass is 311 g/mol. The van der Waals surface area contributed by atoms with Crippen molar-refractivity contribution in [2.24, 2.45) is 0 Å². The van der Waals surface area contributed by atoms with E-state index in [0.717, 1.165) is 12.1 Å². The fourth-order valence-electron chi connectivity index (χ4n) is 2.85. The number of benzene rings is 1. The number of halogens is 3. The topological polar surface area (TPSA) is 65.4 Å². The van der Waals surface area contributed by atoms with Crippen LogP contribution in [-0.4, -0.2) is 31.3 Å². The maximum atomic E-state index is 13.0. The molecule has 2 heterocycles. The minimum Gasteiger partial charge on any atom is -0.379 e. The summed E-state index contributed by atoms with van der Waals surface area (Å²) in [6, 6.07) is 3.89. The van der Waals surface area contributed by atoms with Crippen LogP contribution in [0.15, 0.2) is 18.2 Å². The second-order valence-electron chi connectivity index (χ2n) is 5.20. The number of hydrogen-bond donors (Lipinski definition) is 1. The van der Waals surface area contributed by atoms with Gasteiger partial charge >= 0.3 is 12.2 Å². The minimum atomic E-state index is -4.65. The Morgan fingerprint density at radius 2 is 2.18 bits per heavy atom. The predicted octanol–water partition coefficient (Wildman–Crippen LogP) is 2.26. The number of rotatable bonds is 1. The lowest BCUT2D eigenvalue weighted by Crippen LogP contribution is -2.44. The first-order valence-electron chi connectivity index (χ1n) is 6.70. The molecule has 0 saturated carbocycles. The average molecular weight is 311 g/mol. The van der Waals surface area contributed by atoms with E-state index in [9.17, 15) is 18.0 Å². The Kier molecular flexibility index (Phi) is 3.45. The van der Waals surface area contributed by atoms with Gasteiger partial charge < -0.3 is 10.1 Å². The van der Waals surface area contributed by atoms with Gasteiger partial charge in [0.25, 0.3) is 0 Å². The van der Waals surface area contributed by atoms with Crippen LogP contribution in [0.1, 0.15) is 17.5 Å². The maximum absolute atomic E-state index is 13.0. The molecule has 0 radical (unpaired) electrons. The van der Waals surface area contributed by atoms with Crippen LogP contribution in [0.3, 0.4) is 0 Å². The van der Waals surface area contributed by atoms with Crippen molar-refractivity contribution in [3.8, 4) is 6.07 Å². The van der Waals surface area contributed by atoms with E-state index in [2.05, 4.69) is 5.32 Å². The van der Waals surface area contributed by atoms with E-state index in [1.807, 2.05) is 0 Å². The van der Waals surface area contributed by atoms with Gasteiger partial charge in [0, 0.05) is 12.3 Å². The predicted molar refractivity (Wildman–Crippen MR) is 70.2 cm³/mol. The first-order chi connectivity index (χ1) is 10.4. The number of nitriles is 1. The zero-order valence-electron chi connectivity index (χ0n) is 11.4. The van der Waals surface area contributed by atoms with Crippen molar-refractivity contribution >= 4 is 11.7 Å². The number of hydrogen-bond acceptors (Lipinski definition) is 3. The number of urea groups is 1. The quantitative estimate of drug-likeness (QED) is 0.865. The van der Waals surface area contributed by atoms with Gasteiger partial charge in [0.05, 0.1) is 35.9 Å². The lowest BCUT2D eigenvalue weighted by Gasteiger charge is -2.30. The summed E-state index contributed by atoms with van der Waals surface area (Å²) in [5, 5.41) is 11.6. The van der Waals surface area contributed by atoms with Gasteiger partial charge in [-0.25, -0.2) is 4.79 Å². The Morgan fingerprint density at radius 1 is 1.41 bits per heavy atom. The molecule has 0 unspecified atom stereocenters. The highest BCUT2D eigenvalue weighted by atomic mass is 19.4. The standard InChI is InChI=1S/C14H12F3N3O2/c15-14(16,17)10-5-9(2-1-8(10)6-18)20-12-7-22-4-3-11(12)19-13(20)21/h1-2,5,11-12H,3-4,7H2,(H,19,21)/t11-,12-/m0/s1. The highest BCUT2D eigenvalue weighted by Gasteiger charge is 2.43. The molecule has 22 heavy (non-hydrogen) atoms. The van der Waals surface area contributed by atoms with E-state index in [1.165, 1.54) is 17.0 Å². The molecule has 1 N–H and O–H groups in total. The van der Waals surface area contributed by atoms with E-state index in [4.69, 9.17) is 10.00 Å². The number of nitrogens with one attached hydrogen (secondary N) is 1. The molecule has 2 aliphatic heterocycles. The van der Waals surface area contributed by atoms with Crippen LogP contribution in [0.25, 0.3) is 0 Å². The van der Waals surface area contributed by atoms with Gasteiger partial charge in [-0.1, -0.05) is 0 Å². The third kappa shape index (κ3) is 2.37. The zero-order valence-corrected chi connectivity index (χ0v) is 11.4. The first kappa shape index (κ1) is 14.7. The molecule has 0 spiro atoms. The van der Waals surface area contributed by atoms with Gasteiger partial charge in [0.1, 0.15) is 0 Å². The summed E-state index contributed by atoms with van der Waals surface area (Å²) >= 11 is 0. The SMILES string of the molecule is N#Cc1ccc(N2C(=O)N[C@H]3CCOC[C@@H]32)cc1C(F)(F)F. The molecule has 2 atom stereocenters. The van der Waals surface area contributed by atoms with E-state index in [-0.39, 0.29) is 24.4 Å². The summed E-state index contributed by atoms with van der Waals surface area (Å²) in [6.45, 7) is 0.779. The number of ether oxygens (including phenoxy) is 1. The molecule has 2 saturated heterocycles. The molecule has 2 aliphatic rings. The van der Waals surface area contributed by atoms with Crippen LogP contribution < -0.4 is 10.2 Å². The van der Waals surface area contributed by atoms with Crippen LogP contribution >= 0.6 is 0 Å². The summed E-state index contributed by atoms with van der Waals surface area (Å²) in [7, 11) is 0. The highest BCUT2D eigenvalue weighted by molar-refractivity contribution is 5.95. The highest BCUT2D eigenvalue weighted by Crippen LogP contribution is 2.36. The van der Waals surface area contributed by atoms with Gasteiger partial charge in [-0.15, -0.1) is 0 Å². The van der Waals surface area contributed by atoms with Crippen molar-refractivity contribution in [2.45, 2.75) is 24.7 Å². The Bertz CT molecular complexity index is 654. The molecule has 5 nitrogen and oxygen atoms in total. The summed E-state index contributed by atoms with van der Waals surface area (Å²) in [5.41, 5.74) is -1.39. The Hall–Kier alpha value is -2.27. The number of anilines is 1. The van der Waals surface area contributed by atoms with Gasteiger partial charge in [-0.05, 0) is 24.6 Å². The lowest BCUT2D eigenvalue weighted by molar-refractivity contribution is -0.137. The number of nitrogens with zero attached hydrogens (tertiary/aromatic N) is 2. The smallest absolute Gasteiger partial charge is 0.379 e. The van der Waals surface area contributed by atoms with Crippen LogP contribution in [0, 0.1) is 11.3 Å². The van der Waals surface area contributed by atoms with E-state index < -0.39 is 23.3 Å². The zero-order chi connectivity index (χ0) is 15.9. The van der Waals surface area contributed by atoms with Crippen molar-refractivity contribution in [3.63, 3.8) is 0 Å². The molecule has 0 aliphatic carbocycles. The number of fused-ring (bicyclic) bond motifs is 1. The van der Waals surface area contributed by atoms with Crippen molar-refractivity contribution in [1.29, 1.82) is 5.26 Å². The van der Waals surface area contributed by atoms with Crippen molar-refractivity contribution < 1.29 is 22.7 Å². The average Bonchev–Trinajstić information content (AvgIpc) is 2.81. The molecule has 1 aromatic carbocycles. The molecule has 1 aromatic rings. The summed E-state index contributed by atoms with van der Waals surface area (Å²) in [5.74, 6) is 0. The van der Waals surface area contributed by atoms with Gasteiger partial charge in [-0.2, -0.15) is 18.4 Å². The van der Waals surface area contributed by atoms with E-state index >= 15 is 0 Å². The fraction of sp³-hybridized carbons (Fsp3) is 0.429. The minimum absolute atomic E-state index is 0.113. The number of alkyl halides is 3. The molecule has 2 fully saturated rings. The maximum Gasteiger partial charge on any atom is 0.417 e. The largest absolute Gasteiger partial charge is 0.417 e. The van der Waals surface area contributed by atoms with Crippen LogP contribution in [0.4, 0.5) is 23.7 Å². The Balaban J connectivity index is 2.01. The van der Waals surface area contributed by atoms with Gasteiger partial charge in [0.15, 0.2) is 0 Å². The second-order valence-corrected chi connectivity index (χ2v) is 5.20. The van der Waals surface area contributed by atoms with Crippen molar-refractivity contribution in [3.05, 3.63) is 29.3 Å². The second kappa shape index (κ2) is 5.18.